The zero-order valence-corrected chi connectivity index (χ0v) is 12.0. The second kappa shape index (κ2) is 6.88. The van der Waals surface area contributed by atoms with Crippen LogP contribution in [0.5, 0.6) is 0 Å². The first-order valence-corrected chi connectivity index (χ1v) is 6.74. The monoisotopic (exact) mass is 318 g/mol. The van der Waals surface area contributed by atoms with Gasteiger partial charge in [0.25, 0.3) is 0 Å². The van der Waals surface area contributed by atoms with Gasteiger partial charge in [-0.3, -0.25) is 4.68 Å². The molecule has 0 radical (unpaired) electrons. The highest BCUT2D eigenvalue weighted by Gasteiger charge is 2.08. The minimum Gasteiger partial charge on any atom is -0.396 e. The van der Waals surface area contributed by atoms with Crippen LogP contribution in [0.1, 0.15) is 12.1 Å². The van der Waals surface area contributed by atoms with E-state index in [0.717, 1.165) is 5.69 Å². The van der Waals surface area contributed by atoms with E-state index in [9.17, 15) is 4.39 Å². The van der Waals surface area contributed by atoms with Gasteiger partial charge in [-0.15, -0.1) is 5.10 Å². The summed E-state index contributed by atoms with van der Waals surface area (Å²) in [5.74, 6) is -0.631. The Kier molecular flexibility index (Phi) is 5.17. The van der Waals surface area contributed by atoms with Crippen molar-refractivity contribution in [2.45, 2.75) is 19.5 Å². The molecule has 1 heterocycles. The smallest absolute Gasteiger partial charge is 0.160 e. The predicted molar refractivity (Wildman–Crippen MR) is 75.5 cm³/mol. The molecule has 1 aromatic carbocycles. The Morgan fingerprint density at radius 1 is 1.30 bits per heavy atom. The Morgan fingerprint density at radius 2 is 2.00 bits per heavy atom. The quantitative estimate of drug-likeness (QED) is 0.804. The van der Waals surface area contributed by atoms with E-state index in [4.69, 9.17) is 28.3 Å². The third-order valence-electron chi connectivity index (χ3n) is 2.59. The molecule has 0 fully saturated rings. The summed E-state index contributed by atoms with van der Waals surface area (Å²) >= 11 is 11.4. The van der Waals surface area contributed by atoms with Crippen LogP contribution in [0.3, 0.4) is 0 Å². The van der Waals surface area contributed by atoms with Crippen molar-refractivity contribution in [1.82, 2.24) is 15.0 Å². The molecule has 20 heavy (non-hydrogen) atoms. The highest BCUT2D eigenvalue weighted by atomic mass is 35.5. The van der Waals surface area contributed by atoms with E-state index in [0.29, 0.717) is 25.2 Å². The number of aliphatic hydroxyl groups is 1. The van der Waals surface area contributed by atoms with Crippen LogP contribution in [-0.4, -0.2) is 26.7 Å². The van der Waals surface area contributed by atoms with E-state index in [1.165, 1.54) is 12.1 Å². The van der Waals surface area contributed by atoms with Crippen molar-refractivity contribution >= 4 is 28.9 Å². The number of anilines is 1. The van der Waals surface area contributed by atoms with Gasteiger partial charge in [-0.25, -0.2) is 4.39 Å². The largest absolute Gasteiger partial charge is 0.396 e. The standard InChI is InChI=1S/C12H13Cl2FN4O/c13-10-4-8(5-11(14)12(10)15)16-6-9-7-19(18-17-9)2-1-3-20/h4-5,7,16,20H,1-3,6H2. The van der Waals surface area contributed by atoms with Gasteiger partial charge in [0.2, 0.25) is 0 Å². The SMILES string of the molecule is OCCCn1cc(CNc2cc(Cl)c(F)c(Cl)c2)nn1. The molecule has 2 aromatic rings. The van der Waals surface area contributed by atoms with Gasteiger partial charge in [-0.2, -0.15) is 0 Å². The van der Waals surface area contributed by atoms with Crippen LogP contribution >= 0.6 is 23.2 Å². The van der Waals surface area contributed by atoms with E-state index in [1.54, 1.807) is 10.9 Å². The fourth-order valence-corrected chi connectivity index (χ4v) is 2.10. The molecule has 0 spiro atoms. The lowest BCUT2D eigenvalue weighted by molar-refractivity contribution is 0.276. The van der Waals surface area contributed by atoms with Crippen molar-refractivity contribution < 1.29 is 9.50 Å². The Labute approximate surface area is 125 Å². The molecule has 0 amide bonds. The number of benzene rings is 1. The number of aliphatic hydroxyl groups excluding tert-OH is 1. The van der Waals surface area contributed by atoms with E-state index in [-0.39, 0.29) is 16.7 Å². The molecule has 0 aliphatic heterocycles. The highest BCUT2D eigenvalue weighted by molar-refractivity contribution is 6.35. The van der Waals surface area contributed by atoms with Crippen LogP contribution in [0, 0.1) is 5.82 Å². The molecular weight excluding hydrogens is 306 g/mol. The lowest BCUT2D eigenvalue weighted by Crippen LogP contribution is -2.01. The first kappa shape index (κ1) is 15.0. The van der Waals surface area contributed by atoms with Crippen molar-refractivity contribution in [3.63, 3.8) is 0 Å². The van der Waals surface area contributed by atoms with Crippen molar-refractivity contribution in [1.29, 1.82) is 0 Å². The Bertz CT molecular complexity index is 568. The summed E-state index contributed by atoms with van der Waals surface area (Å²) in [6.07, 6.45) is 2.40. The fraction of sp³-hybridized carbons (Fsp3) is 0.333. The van der Waals surface area contributed by atoms with Gasteiger partial charge in [0.15, 0.2) is 5.82 Å². The van der Waals surface area contributed by atoms with Crippen molar-refractivity contribution in [2.24, 2.45) is 0 Å². The lowest BCUT2D eigenvalue weighted by Gasteiger charge is -2.06. The second-order valence-electron chi connectivity index (χ2n) is 4.16. The van der Waals surface area contributed by atoms with Gasteiger partial charge in [0, 0.05) is 18.8 Å². The van der Waals surface area contributed by atoms with E-state index < -0.39 is 5.82 Å². The number of hydrogen-bond donors (Lipinski definition) is 2. The van der Waals surface area contributed by atoms with Gasteiger partial charge in [0.1, 0.15) is 5.69 Å². The summed E-state index contributed by atoms with van der Waals surface area (Å²) < 4.78 is 14.9. The molecule has 2 rings (SSSR count). The maximum Gasteiger partial charge on any atom is 0.160 e. The molecule has 0 unspecified atom stereocenters. The topological polar surface area (TPSA) is 63.0 Å². The van der Waals surface area contributed by atoms with Crippen LogP contribution < -0.4 is 5.32 Å². The van der Waals surface area contributed by atoms with Gasteiger partial charge >= 0.3 is 0 Å². The third-order valence-corrected chi connectivity index (χ3v) is 3.14. The number of hydrogen-bond acceptors (Lipinski definition) is 4. The Hall–Kier alpha value is -1.37. The molecule has 0 aliphatic carbocycles. The maximum atomic E-state index is 13.3. The van der Waals surface area contributed by atoms with Gasteiger partial charge in [0.05, 0.1) is 22.8 Å². The molecule has 0 aliphatic rings. The van der Waals surface area contributed by atoms with Crippen LogP contribution in [0.15, 0.2) is 18.3 Å². The maximum absolute atomic E-state index is 13.3. The number of aromatic nitrogens is 3. The van der Waals surface area contributed by atoms with Gasteiger partial charge < -0.3 is 10.4 Å². The summed E-state index contributed by atoms with van der Waals surface area (Å²) in [5, 5.41) is 19.6. The Morgan fingerprint density at radius 3 is 2.65 bits per heavy atom. The molecule has 0 bridgehead atoms. The zero-order chi connectivity index (χ0) is 14.5. The minimum absolute atomic E-state index is 0.0356. The molecule has 5 nitrogen and oxygen atoms in total. The first-order chi connectivity index (χ1) is 9.60. The number of aryl methyl sites for hydroxylation is 1. The summed E-state index contributed by atoms with van der Waals surface area (Å²) in [4.78, 5) is 0. The summed E-state index contributed by atoms with van der Waals surface area (Å²) in [6, 6.07) is 2.91. The highest BCUT2D eigenvalue weighted by Crippen LogP contribution is 2.27. The molecule has 0 saturated carbocycles. The first-order valence-electron chi connectivity index (χ1n) is 5.98. The minimum atomic E-state index is -0.631. The van der Waals surface area contributed by atoms with Crippen LogP contribution in [0.25, 0.3) is 0 Å². The molecule has 0 atom stereocenters. The molecule has 108 valence electrons. The number of halogens is 3. The fourth-order valence-electron chi connectivity index (χ4n) is 1.61. The van der Waals surface area contributed by atoms with Gasteiger partial charge in [-0.1, -0.05) is 28.4 Å². The van der Waals surface area contributed by atoms with Crippen LogP contribution in [0.4, 0.5) is 10.1 Å². The van der Waals surface area contributed by atoms with Crippen molar-refractivity contribution in [3.05, 3.63) is 39.9 Å². The predicted octanol–water partition coefficient (Wildman–Crippen LogP) is 2.72. The average Bonchev–Trinajstić information content (AvgIpc) is 2.88. The average molecular weight is 319 g/mol. The molecule has 1 aromatic heterocycles. The Balaban J connectivity index is 1.96. The lowest BCUT2D eigenvalue weighted by atomic mass is 10.3. The van der Waals surface area contributed by atoms with Crippen molar-refractivity contribution in [2.75, 3.05) is 11.9 Å². The van der Waals surface area contributed by atoms with Crippen LogP contribution in [0.2, 0.25) is 10.0 Å². The molecule has 2 N–H and O–H groups in total. The van der Waals surface area contributed by atoms with E-state index in [1.807, 2.05) is 0 Å². The van der Waals surface area contributed by atoms with E-state index in [2.05, 4.69) is 15.6 Å². The molecule has 8 heteroatoms. The number of rotatable bonds is 6. The van der Waals surface area contributed by atoms with Crippen LogP contribution in [-0.2, 0) is 13.1 Å². The normalized spacial score (nSPS) is 10.8. The summed E-state index contributed by atoms with van der Waals surface area (Å²) in [5.41, 5.74) is 1.32. The number of nitrogens with one attached hydrogen (secondary N) is 1. The summed E-state index contributed by atoms with van der Waals surface area (Å²) in [6.45, 7) is 1.13. The van der Waals surface area contributed by atoms with Crippen molar-refractivity contribution in [3.8, 4) is 0 Å². The third kappa shape index (κ3) is 3.82. The van der Waals surface area contributed by atoms with E-state index >= 15 is 0 Å². The molecule has 0 saturated heterocycles. The zero-order valence-electron chi connectivity index (χ0n) is 10.5. The number of nitrogens with zero attached hydrogens (tertiary/aromatic N) is 3. The molecular formula is C12H13Cl2FN4O. The van der Waals surface area contributed by atoms with Gasteiger partial charge in [-0.05, 0) is 18.6 Å². The second-order valence-corrected chi connectivity index (χ2v) is 4.97. The summed E-state index contributed by atoms with van der Waals surface area (Å²) in [7, 11) is 0.